The first-order valence-corrected chi connectivity index (χ1v) is 8.74. The number of nitrogens with one attached hydrogen (secondary N) is 2. The Morgan fingerprint density at radius 2 is 2.08 bits per heavy atom. The molecule has 2 N–H and O–H groups in total. The van der Waals surface area contributed by atoms with Gasteiger partial charge in [-0.2, -0.15) is 5.10 Å². The summed E-state index contributed by atoms with van der Waals surface area (Å²) in [7, 11) is 3.75. The maximum Gasteiger partial charge on any atom is 0.191 e. The van der Waals surface area contributed by atoms with Gasteiger partial charge < -0.3 is 15.4 Å². The lowest BCUT2D eigenvalue weighted by Crippen LogP contribution is -2.49. The Hall–Kier alpha value is -0.830. The summed E-state index contributed by atoms with van der Waals surface area (Å²) in [6, 6.07) is 2.01. The highest BCUT2D eigenvalue weighted by Gasteiger charge is 2.32. The molecule has 2 rings (SSSR count). The van der Waals surface area contributed by atoms with Gasteiger partial charge >= 0.3 is 0 Å². The minimum absolute atomic E-state index is 0. The van der Waals surface area contributed by atoms with Crippen LogP contribution < -0.4 is 10.6 Å². The summed E-state index contributed by atoms with van der Waals surface area (Å²) in [5.41, 5.74) is 1.10. The van der Waals surface area contributed by atoms with E-state index in [1.165, 1.54) is 19.3 Å². The summed E-state index contributed by atoms with van der Waals surface area (Å²) >= 11 is 0. The van der Waals surface area contributed by atoms with Crippen molar-refractivity contribution in [1.29, 1.82) is 0 Å². The second kappa shape index (κ2) is 10.9. The molecule has 0 atom stereocenters. The number of guanidine groups is 1. The highest BCUT2D eigenvalue weighted by molar-refractivity contribution is 14.0. The third-order valence-corrected chi connectivity index (χ3v) is 4.54. The molecule has 0 aromatic carbocycles. The van der Waals surface area contributed by atoms with E-state index in [4.69, 9.17) is 4.74 Å². The zero-order chi connectivity index (χ0) is 16.5. The minimum atomic E-state index is -0.0294. The van der Waals surface area contributed by atoms with Gasteiger partial charge in [-0.25, -0.2) is 0 Å². The molecule has 0 saturated heterocycles. The van der Waals surface area contributed by atoms with Crippen molar-refractivity contribution >= 4 is 29.9 Å². The lowest BCUT2D eigenvalue weighted by Gasteiger charge is -2.37. The van der Waals surface area contributed by atoms with E-state index in [-0.39, 0.29) is 29.6 Å². The van der Waals surface area contributed by atoms with Crippen LogP contribution in [-0.2, 0) is 18.3 Å². The van der Waals surface area contributed by atoms with Gasteiger partial charge in [0, 0.05) is 33.4 Å². The fourth-order valence-corrected chi connectivity index (χ4v) is 3.10. The van der Waals surface area contributed by atoms with E-state index in [1.807, 2.05) is 24.0 Å². The van der Waals surface area contributed by atoms with Crippen LogP contribution in [0.15, 0.2) is 17.3 Å². The molecular weight excluding hydrogens is 417 g/mol. The molecule has 1 heterocycles. The van der Waals surface area contributed by atoms with Gasteiger partial charge in [-0.15, -0.1) is 24.0 Å². The molecule has 24 heavy (non-hydrogen) atoms. The van der Waals surface area contributed by atoms with Gasteiger partial charge in [0.2, 0.25) is 0 Å². The van der Waals surface area contributed by atoms with Crippen molar-refractivity contribution in [1.82, 2.24) is 20.4 Å². The number of hydrogen-bond donors (Lipinski definition) is 2. The average Bonchev–Trinajstić information content (AvgIpc) is 2.99. The fourth-order valence-electron chi connectivity index (χ4n) is 3.10. The first-order valence-electron chi connectivity index (χ1n) is 8.74. The first-order chi connectivity index (χ1) is 11.2. The second-order valence-corrected chi connectivity index (χ2v) is 6.32. The van der Waals surface area contributed by atoms with Gasteiger partial charge in [-0.3, -0.25) is 9.67 Å². The standard InChI is InChI=1S/C17H31N5O.HI/c1-4-12-23-17(9-6-5-7-10-17)14-20-16(18-2)19-13-15-8-11-21-22(15)3;/h8,11H,4-7,9-10,12-14H2,1-3H3,(H2,18,19,20);1H. The molecule has 1 saturated carbocycles. The van der Waals surface area contributed by atoms with Gasteiger partial charge in [0.25, 0.3) is 0 Å². The first kappa shape index (κ1) is 21.2. The van der Waals surface area contributed by atoms with Crippen LogP contribution >= 0.6 is 24.0 Å². The maximum atomic E-state index is 6.22. The number of aliphatic imine (C=N–C) groups is 1. The second-order valence-electron chi connectivity index (χ2n) is 6.32. The van der Waals surface area contributed by atoms with Crippen LogP contribution in [0.3, 0.4) is 0 Å². The molecule has 0 spiro atoms. The molecule has 0 amide bonds. The summed E-state index contributed by atoms with van der Waals surface area (Å²) in [6.07, 6.45) is 8.99. The van der Waals surface area contributed by atoms with E-state index in [0.29, 0.717) is 6.54 Å². The van der Waals surface area contributed by atoms with Crippen molar-refractivity contribution in [3.05, 3.63) is 18.0 Å². The molecule has 1 fully saturated rings. The van der Waals surface area contributed by atoms with Gasteiger partial charge in [-0.1, -0.05) is 26.2 Å². The lowest BCUT2D eigenvalue weighted by molar-refractivity contribution is -0.0657. The van der Waals surface area contributed by atoms with Crippen LogP contribution in [0, 0.1) is 0 Å². The summed E-state index contributed by atoms with van der Waals surface area (Å²) in [5, 5.41) is 11.0. The third-order valence-electron chi connectivity index (χ3n) is 4.54. The Balaban J connectivity index is 0.00000288. The van der Waals surface area contributed by atoms with E-state index in [0.717, 1.165) is 44.1 Å². The van der Waals surface area contributed by atoms with Crippen molar-refractivity contribution in [2.75, 3.05) is 20.2 Å². The SMILES string of the molecule is CCCOC1(CNC(=NC)NCc2ccnn2C)CCCCC1.I. The number of ether oxygens (including phenoxy) is 1. The number of rotatable bonds is 7. The largest absolute Gasteiger partial charge is 0.373 e. The van der Waals surface area contributed by atoms with Crippen LogP contribution in [0.4, 0.5) is 0 Å². The predicted molar refractivity (Wildman–Crippen MR) is 109 cm³/mol. The summed E-state index contributed by atoms with van der Waals surface area (Å²) in [5.74, 6) is 0.816. The number of aryl methyl sites for hydroxylation is 1. The molecular formula is C17H32IN5O. The molecule has 1 aliphatic rings. The molecule has 6 nitrogen and oxygen atoms in total. The normalized spacial score (nSPS) is 17.2. The van der Waals surface area contributed by atoms with E-state index >= 15 is 0 Å². The molecule has 1 aliphatic carbocycles. The number of hydrogen-bond acceptors (Lipinski definition) is 3. The zero-order valence-electron chi connectivity index (χ0n) is 15.2. The Bertz CT molecular complexity index is 497. The number of nitrogens with zero attached hydrogens (tertiary/aromatic N) is 3. The van der Waals surface area contributed by atoms with Crippen molar-refractivity contribution in [2.24, 2.45) is 12.0 Å². The van der Waals surface area contributed by atoms with E-state index in [9.17, 15) is 0 Å². The fraction of sp³-hybridized carbons (Fsp3) is 0.765. The number of halogens is 1. The number of aromatic nitrogens is 2. The van der Waals surface area contributed by atoms with Gasteiger partial charge in [0.15, 0.2) is 5.96 Å². The minimum Gasteiger partial charge on any atom is -0.373 e. The molecule has 0 radical (unpaired) electrons. The van der Waals surface area contributed by atoms with E-state index < -0.39 is 0 Å². The van der Waals surface area contributed by atoms with Crippen LogP contribution in [0.25, 0.3) is 0 Å². The summed E-state index contributed by atoms with van der Waals surface area (Å²) in [6.45, 7) is 4.53. The highest BCUT2D eigenvalue weighted by Crippen LogP contribution is 2.31. The third kappa shape index (κ3) is 6.23. The Labute approximate surface area is 162 Å². The maximum absolute atomic E-state index is 6.22. The molecule has 7 heteroatoms. The van der Waals surface area contributed by atoms with Gasteiger partial charge in [-0.05, 0) is 25.3 Å². The van der Waals surface area contributed by atoms with E-state index in [1.54, 1.807) is 7.05 Å². The topological polar surface area (TPSA) is 63.5 Å². The quantitative estimate of drug-likeness (QED) is 0.382. The predicted octanol–water partition coefficient (Wildman–Crippen LogP) is 2.83. The van der Waals surface area contributed by atoms with E-state index in [2.05, 4.69) is 27.6 Å². The Morgan fingerprint density at radius 3 is 2.67 bits per heavy atom. The van der Waals surface area contributed by atoms with Crippen molar-refractivity contribution < 1.29 is 4.74 Å². The smallest absolute Gasteiger partial charge is 0.191 e. The average molecular weight is 449 g/mol. The molecule has 0 unspecified atom stereocenters. The van der Waals surface area contributed by atoms with Crippen molar-refractivity contribution in [3.8, 4) is 0 Å². The monoisotopic (exact) mass is 449 g/mol. The van der Waals surface area contributed by atoms with Crippen molar-refractivity contribution in [2.45, 2.75) is 57.6 Å². The van der Waals surface area contributed by atoms with Crippen LogP contribution in [-0.4, -0.2) is 41.5 Å². The van der Waals surface area contributed by atoms with Gasteiger partial charge in [0.05, 0.1) is 17.8 Å². The van der Waals surface area contributed by atoms with Crippen LogP contribution in [0.1, 0.15) is 51.1 Å². The molecule has 1 aromatic rings. The highest BCUT2D eigenvalue weighted by atomic mass is 127. The molecule has 1 aromatic heterocycles. The Kier molecular flexibility index (Phi) is 9.65. The molecule has 138 valence electrons. The van der Waals surface area contributed by atoms with Gasteiger partial charge in [0.1, 0.15) is 0 Å². The van der Waals surface area contributed by atoms with Crippen LogP contribution in [0.2, 0.25) is 0 Å². The van der Waals surface area contributed by atoms with Crippen LogP contribution in [0.5, 0.6) is 0 Å². The summed E-state index contributed by atoms with van der Waals surface area (Å²) < 4.78 is 8.09. The molecule has 0 bridgehead atoms. The zero-order valence-corrected chi connectivity index (χ0v) is 17.5. The summed E-state index contributed by atoms with van der Waals surface area (Å²) in [4.78, 5) is 4.32. The molecule has 0 aliphatic heterocycles. The van der Waals surface area contributed by atoms with Crippen molar-refractivity contribution in [3.63, 3.8) is 0 Å². The lowest BCUT2D eigenvalue weighted by atomic mass is 9.84. The Morgan fingerprint density at radius 1 is 1.33 bits per heavy atom.